The predicted molar refractivity (Wildman–Crippen MR) is 102 cm³/mol. The van der Waals surface area contributed by atoms with Gasteiger partial charge in [-0.2, -0.15) is 18.3 Å². The Labute approximate surface area is 184 Å². The lowest BCUT2D eigenvalue weighted by atomic mass is 10.0. The number of alkyl halides is 3. The van der Waals surface area contributed by atoms with Crippen LogP contribution in [0.1, 0.15) is 23.1 Å². The number of carboxylic acids is 1. The number of fused-ring (bicyclic) bond motifs is 1. The molecular formula is C16H14BrF3N4O6S. The fraction of sp³-hybridized carbons (Fsp3) is 0.438. The van der Waals surface area contributed by atoms with Gasteiger partial charge in [-0.25, -0.2) is 4.79 Å². The van der Waals surface area contributed by atoms with Crippen LogP contribution in [0.25, 0.3) is 0 Å². The number of carboxylic acid groups (broad SMARTS) is 1. The van der Waals surface area contributed by atoms with Crippen LogP contribution in [0.4, 0.5) is 13.2 Å². The maximum absolute atomic E-state index is 13.0. The van der Waals surface area contributed by atoms with Gasteiger partial charge >= 0.3 is 18.1 Å². The van der Waals surface area contributed by atoms with Gasteiger partial charge in [0.1, 0.15) is 29.4 Å². The Morgan fingerprint density at radius 1 is 1.39 bits per heavy atom. The first kappa shape index (κ1) is 23.1. The van der Waals surface area contributed by atoms with Crippen LogP contribution in [-0.4, -0.2) is 67.3 Å². The third-order valence-corrected chi connectivity index (χ3v) is 6.55. The zero-order valence-corrected chi connectivity index (χ0v) is 18.2. The molecule has 3 rings (SSSR count). The first-order valence-corrected chi connectivity index (χ1v) is 10.3. The molecule has 0 bridgehead atoms. The molecule has 0 aliphatic carbocycles. The highest BCUT2D eigenvalue weighted by atomic mass is 79.9. The van der Waals surface area contributed by atoms with Crippen LogP contribution in [0.5, 0.6) is 0 Å². The quantitative estimate of drug-likeness (QED) is 0.431. The number of aromatic nitrogens is 2. The lowest BCUT2D eigenvalue weighted by Gasteiger charge is -2.49. The molecular weight excluding hydrogens is 513 g/mol. The van der Waals surface area contributed by atoms with Crippen LogP contribution >= 0.6 is 27.7 Å². The second kappa shape index (κ2) is 8.18. The second-order valence-corrected chi connectivity index (χ2v) is 8.43. The molecule has 2 aliphatic heterocycles. The lowest BCUT2D eigenvalue weighted by Crippen LogP contribution is -2.70. The summed E-state index contributed by atoms with van der Waals surface area (Å²) < 4.78 is 44.0. The van der Waals surface area contributed by atoms with Gasteiger partial charge < -0.3 is 15.2 Å². The van der Waals surface area contributed by atoms with Crippen LogP contribution in [-0.2, 0) is 32.3 Å². The lowest BCUT2D eigenvalue weighted by molar-refractivity contribution is -0.149. The monoisotopic (exact) mass is 526 g/mol. The van der Waals surface area contributed by atoms with Crippen molar-refractivity contribution in [2.24, 2.45) is 7.05 Å². The van der Waals surface area contributed by atoms with Crippen molar-refractivity contribution in [2.45, 2.75) is 24.5 Å². The standard InChI is InChI=1S/C16H14BrF3N4O6S/c1-5(25)30-3-6-4-31-14-8(13(27)24(14)9(6)15(28)29)21-12(26)10-7(17)11(16(18,19)20)22-23(10)2/h8,14H,3-4H2,1-2H3,(H,21,26)(H,28,29)/t8-,14+/m1/s1. The molecule has 0 radical (unpaired) electrons. The van der Waals surface area contributed by atoms with Crippen LogP contribution in [0.3, 0.4) is 0 Å². The van der Waals surface area contributed by atoms with Gasteiger partial charge in [-0.15, -0.1) is 11.8 Å². The number of amides is 2. The number of carbonyl (C=O) groups excluding carboxylic acids is 3. The summed E-state index contributed by atoms with van der Waals surface area (Å²) in [6.07, 6.45) is -4.79. The Morgan fingerprint density at radius 3 is 2.55 bits per heavy atom. The molecule has 0 spiro atoms. The number of nitrogens with one attached hydrogen (secondary N) is 1. The molecule has 0 saturated carbocycles. The number of aliphatic carboxylic acids is 1. The Hall–Kier alpha value is -2.55. The molecule has 10 nitrogen and oxygen atoms in total. The van der Waals surface area contributed by atoms with Crippen molar-refractivity contribution in [3.8, 4) is 0 Å². The van der Waals surface area contributed by atoms with Crippen molar-refractivity contribution in [3.63, 3.8) is 0 Å². The number of carbonyl (C=O) groups is 4. The molecule has 2 amide bonds. The van der Waals surface area contributed by atoms with Crippen molar-refractivity contribution in [1.82, 2.24) is 20.0 Å². The zero-order valence-electron chi connectivity index (χ0n) is 15.8. The Bertz CT molecular complexity index is 1020. The Balaban J connectivity index is 1.81. The van der Waals surface area contributed by atoms with E-state index in [0.717, 1.165) is 35.3 Å². The van der Waals surface area contributed by atoms with Gasteiger partial charge in [0.05, 0.1) is 4.47 Å². The number of ether oxygens (including phenoxy) is 1. The van der Waals surface area contributed by atoms with Gasteiger partial charge in [-0.1, -0.05) is 0 Å². The van der Waals surface area contributed by atoms with Crippen molar-refractivity contribution >= 4 is 51.4 Å². The molecule has 2 N–H and O–H groups in total. The molecule has 3 heterocycles. The van der Waals surface area contributed by atoms with E-state index in [0.29, 0.717) is 0 Å². The number of β-lactam (4-membered cyclic amide) rings is 1. The Morgan fingerprint density at radius 2 is 2.03 bits per heavy atom. The molecule has 0 aromatic carbocycles. The summed E-state index contributed by atoms with van der Waals surface area (Å²) in [4.78, 5) is 48.8. The van der Waals surface area contributed by atoms with Crippen molar-refractivity contribution in [3.05, 3.63) is 27.1 Å². The van der Waals surface area contributed by atoms with Crippen molar-refractivity contribution in [1.29, 1.82) is 0 Å². The van der Waals surface area contributed by atoms with E-state index in [2.05, 4.69) is 26.3 Å². The van der Waals surface area contributed by atoms with Crippen molar-refractivity contribution in [2.75, 3.05) is 12.4 Å². The summed E-state index contributed by atoms with van der Waals surface area (Å²) >= 11 is 3.85. The van der Waals surface area contributed by atoms with E-state index in [1.165, 1.54) is 0 Å². The smallest absolute Gasteiger partial charge is 0.436 e. The van der Waals surface area contributed by atoms with Gasteiger partial charge in [0.15, 0.2) is 5.69 Å². The number of rotatable bonds is 5. The molecule has 168 valence electrons. The summed E-state index contributed by atoms with van der Waals surface area (Å²) in [7, 11) is 1.14. The van der Waals surface area contributed by atoms with Crippen LogP contribution < -0.4 is 5.32 Å². The number of thioether (sulfide) groups is 1. The third-order valence-electron chi connectivity index (χ3n) is 4.46. The fourth-order valence-corrected chi connectivity index (χ4v) is 5.19. The van der Waals surface area contributed by atoms with Gasteiger partial charge in [-0.05, 0) is 15.9 Å². The number of hydrogen-bond donors (Lipinski definition) is 2. The van der Waals surface area contributed by atoms with Gasteiger partial charge in [0.2, 0.25) is 0 Å². The second-order valence-electron chi connectivity index (χ2n) is 6.53. The average Bonchev–Trinajstić information content (AvgIpc) is 2.97. The van der Waals surface area contributed by atoms with E-state index >= 15 is 0 Å². The molecule has 1 fully saturated rings. The molecule has 0 unspecified atom stereocenters. The number of aryl methyl sites for hydroxylation is 1. The van der Waals surface area contributed by atoms with Crippen LogP contribution in [0.2, 0.25) is 0 Å². The van der Waals surface area contributed by atoms with E-state index in [9.17, 15) is 37.5 Å². The molecule has 1 saturated heterocycles. The summed E-state index contributed by atoms with van der Waals surface area (Å²) in [6, 6.07) is -1.15. The first-order chi connectivity index (χ1) is 14.3. The van der Waals surface area contributed by atoms with E-state index in [4.69, 9.17) is 4.74 Å². The Kier molecular flexibility index (Phi) is 6.10. The minimum Gasteiger partial charge on any atom is -0.477 e. The van der Waals surface area contributed by atoms with Crippen LogP contribution in [0.15, 0.2) is 15.7 Å². The molecule has 1 aromatic heterocycles. The summed E-state index contributed by atoms with van der Waals surface area (Å²) in [5.74, 6) is -3.65. The molecule has 2 aliphatic rings. The third kappa shape index (κ3) is 4.15. The van der Waals surface area contributed by atoms with Crippen molar-refractivity contribution < 1.29 is 42.2 Å². The fourth-order valence-electron chi connectivity index (χ4n) is 3.12. The topological polar surface area (TPSA) is 131 Å². The molecule has 2 atom stereocenters. The minimum absolute atomic E-state index is 0.114. The van der Waals surface area contributed by atoms with Gasteiger partial charge in [0.25, 0.3) is 11.8 Å². The summed E-state index contributed by atoms with van der Waals surface area (Å²) in [6.45, 7) is 0.848. The van der Waals surface area contributed by atoms with Gasteiger partial charge in [0, 0.05) is 25.3 Å². The summed E-state index contributed by atoms with van der Waals surface area (Å²) in [5, 5.41) is 14.4. The number of esters is 1. The van der Waals surface area contributed by atoms with E-state index < -0.39 is 57.2 Å². The highest BCUT2D eigenvalue weighted by Crippen LogP contribution is 2.41. The number of nitrogens with zero attached hydrogens (tertiary/aromatic N) is 3. The normalized spacial score (nSPS) is 20.8. The maximum atomic E-state index is 13.0. The first-order valence-electron chi connectivity index (χ1n) is 8.48. The molecule has 1 aromatic rings. The van der Waals surface area contributed by atoms with Gasteiger partial charge in [-0.3, -0.25) is 24.0 Å². The van der Waals surface area contributed by atoms with E-state index in [-0.39, 0.29) is 23.6 Å². The highest BCUT2D eigenvalue weighted by molar-refractivity contribution is 9.10. The number of hydrogen-bond acceptors (Lipinski definition) is 7. The average molecular weight is 527 g/mol. The van der Waals surface area contributed by atoms with Crippen LogP contribution in [0, 0.1) is 0 Å². The predicted octanol–water partition coefficient (Wildman–Crippen LogP) is 1.12. The zero-order chi connectivity index (χ0) is 23.2. The molecule has 31 heavy (non-hydrogen) atoms. The SMILES string of the molecule is CC(=O)OCC1=C(C(=O)O)N2C(=O)[C@@H](NC(=O)c3c(Br)c(C(F)(F)F)nn3C)[C@@H]2SC1. The minimum atomic E-state index is -4.79. The maximum Gasteiger partial charge on any atom is 0.436 e. The van der Waals surface area contributed by atoms with E-state index in [1.54, 1.807) is 0 Å². The molecule has 15 heteroatoms. The van der Waals surface area contributed by atoms with E-state index in [1.807, 2.05) is 0 Å². The largest absolute Gasteiger partial charge is 0.477 e. The highest BCUT2D eigenvalue weighted by Gasteiger charge is 2.54. The summed E-state index contributed by atoms with van der Waals surface area (Å²) in [5.41, 5.74) is -1.86. The number of halogens is 4.